The first-order chi connectivity index (χ1) is 6.11. The van der Waals surface area contributed by atoms with Crippen LogP contribution in [0.15, 0.2) is 0 Å². The van der Waals surface area contributed by atoms with E-state index in [1.165, 1.54) is 18.4 Å². The molecule has 0 unspecified atom stereocenters. The van der Waals surface area contributed by atoms with Gasteiger partial charge >= 0.3 is 5.97 Å². The number of esters is 1. The molecule has 2 N–H and O–H groups in total. The Bertz CT molecular complexity index is 335. The Morgan fingerprint density at radius 2 is 2.31 bits per heavy atom. The molecule has 0 aliphatic carbocycles. The molecule has 5 heteroatoms. The second-order valence-corrected chi connectivity index (χ2v) is 3.86. The Hall–Kier alpha value is -0.740. The van der Waals surface area contributed by atoms with Crippen molar-refractivity contribution in [1.29, 1.82) is 0 Å². The average molecular weight is 220 g/mol. The van der Waals surface area contributed by atoms with E-state index in [1.807, 2.05) is 6.92 Å². The lowest BCUT2D eigenvalue weighted by Gasteiger charge is -1.95. The average Bonchev–Trinajstić information content (AvgIpc) is 2.40. The summed E-state index contributed by atoms with van der Waals surface area (Å²) in [5.41, 5.74) is 6.50. The van der Waals surface area contributed by atoms with Crippen molar-refractivity contribution in [2.24, 2.45) is 0 Å². The lowest BCUT2D eigenvalue weighted by molar-refractivity contribution is 0.0606. The minimum Gasteiger partial charge on any atom is -0.465 e. The Balaban J connectivity index is 3.18. The standard InChI is InChI=1S/C8H10ClNO2S/c1-3-4-5(9)6(8(11)12-2)13-7(4)10/h3,10H2,1-2H3. The van der Waals surface area contributed by atoms with Crippen molar-refractivity contribution in [1.82, 2.24) is 0 Å². The summed E-state index contributed by atoms with van der Waals surface area (Å²) in [6.45, 7) is 1.94. The van der Waals surface area contributed by atoms with Gasteiger partial charge in [-0.15, -0.1) is 11.3 Å². The number of carbonyl (C=O) groups excluding carboxylic acids is 1. The monoisotopic (exact) mass is 219 g/mol. The van der Waals surface area contributed by atoms with Gasteiger partial charge in [-0.25, -0.2) is 4.79 Å². The maximum absolute atomic E-state index is 11.2. The van der Waals surface area contributed by atoms with E-state index in [0.29, 0.717) is 14.9 Å². The molecule has 0 amide bonds. The summed E-state index contributed by atoms with van der Waals surface area (Å²) in [4.78, 5) is 11.6. The molecule has 0 atom stereocenters. The van der Waals surface area contributed by atoms with Crippen LogP contribution in [0, 0.1) is 0 Å². The molecule has 0 bridgehead atoms. The maximum atomic E-state index is 11.2. The molecule has 3 nitrogen and oxygen atoms in total. The Morgan fingerprint density at radius 3 is 2.69 bits per heavy atom. The number of thiophene rings is 1. The molecule has 1 aromatic rings. The van der Waals surface area contributed by atoms with Crippen LogP contribution in [0.4, 0.5) is 5.00 Å². The van der Waals surface area contributed by atoms with Gasteiger partial charge in [-0.05, 0) is 6.42 Å². The van der Waals surface area contributed by atoms with Gasteiger partial charge in [0.1, 0.15) is 4.88 Å². The normalized spacial score (nSPS) is 10.1. The molecule has 0 radical (unpaired) electrons. The van der Waals surface area contributed by atoms with Crippen molar-refractivity contribution in [2.75, 3.05) is 12.8 Å². The molecule has 72 valence electrons. The summed E-state index contributed by atoms with van der Waals surface area (Å²) < 4.78 is 4.56. The predicted molar refractivity (Wildman–Crippen MR) is 54.5 cm³/mol. The number of nitrogens with two attached hydrogens (primary N) is 1. The highest BCUT2D eigenvalue weighted by Gasteiger charge is 2.19. The third kappa shape index (κ3) is 1.78. The molecule has 0 spiro atoms. The van der Waals surface area contributed by atoms with Crippen molar-refractivity contribution in [3.8, 4) is 0 Å². The van der Waals surface area contributed by atoms with E-state index in [4.69, 9.17) is 17.3 Å². The van der Waals surface area contributed by atoms with E-state index in [0.717, 1.165) is 12.0 Å². The summed E-state index contributed by atoms with van der Waals surface area (Å²) in [5.74, 6) is -0.429. The van der Waals surface area contributed by atoms with Crippen LogP contribution in [0.25, 0.3) is 0 Å². The fourth-order valence-corrected chi connectivity index (χ4v) is 2.47. The minimum absolute atomic E-state index is 0.388. The summed E-state index contributed by atoms with van der Waals surface area (Å²) in [7, 11) is 1.32. The highest BCUT2D eigenvalue weighted by atomic mass is 35.5. The number of rotatable bonds is 2. The van der Waals surface area contributed by atoms with Crippen LogP contribution in [-0.4, -0.2) is 13.1 Å². The molecule has 13 heavy (non-hydrogen) atoms. The van der Waals surface area contributed by atoms with Gasteiger partial charge in [-0.3, -0.25) is 0 Å². The zero-order chi connectivity index (χ0) is 10.0. The molecule has 0 aromatic carbocycles. The van der Waals surface area contributed by atoms with Crippen LogP contribution >= 0.6 is 22.9 Å². The van der Waals surface area contributed by atoms with Gasteiger partial charge in [-0.1, -0.05) is 18.5 Å². The van der Waals surface area contributed by atoms with Crippen molar-refractivity contribution >= 4 is 33.9 Å². The van der Waals surface area contributed by atoms with E-state index in [2.05, 4.69) is 4.74 Å². The van der Waals surface area contributed by atoms with Crippen molar-refractivity contribution < 1.29 is 9.53 Å². The van der Waals surface area contributed by atoms with Crippen LogP contribution < -0.4 is 5.73 Å². The van der Waals surface area contributed by atoms with E-state index >= 15 is 0 Å². The molecule has 0 saturated heterocycles. The summed E-state index contributed by atoms with van der Waals surface area (Å²) in [5, 5.41) is 1.02. The smallest absolute Gasteiger partial charge is 0.349 e. The van der Waals surface area contributed by atoms with Crippen LogP contribution in [0.2, 0.25) is 5.02 Å². The lowest BCUT2D eigenvalue weighted by Crippen LogP contribution is -1.98. The van der Waals surface area contributed by atoms with E-state index in [9.17, 15) is 4.79 Å². The van der Waals surface area contributed by atoms with Gasteiger partial charge < -0.3 is 10.5 Å². The highest BCUT2D eigenvalue weighted by molar-refractivity contribution is 7.18. The van der Waals surface area contributed by atoms with Crippen LogP contribution in [0.1, 0.15) is 22.2 Å². The Morgan fingerprint density at radius 1 is 1.69 bits per heavy atom. The first-order valence-electron chi connectivity index (χ1n) is 3.76. The van der Waals surface area contributed by atoms with Crippen molar-refractivity contribution in [3.05, 3.63) is 15.5 Å². The molecular formula is C8H10ClNO2S. The van der Waals surface area contributed by atoms with Gasteiger partial charge in [0.25, 0.3) is 0 Å². The second-order valence-electron chi connectivity index (χ2n) is 2.43. The fourth-order valence-electron chi connectivity index (χ4n) is 1.01. The first kappa shape index (κ1) is 10.3. The Labute approximate surface area is 85.4 Å². The SMILES string of the molecule is CCc1c(N)sc(C(=O)OC)c1Cl. The van der Waals surface area contributed by atoms with Gasteiger partial charge in [0.15, 0.2) is 0 Å². The van der Waals surface area contributed by atoms with Crippen LogP contribution in [-0.2, 0) is 11.2 Å². The van der Waals surface area contributed by atoms with E-state index in [1.54, 1.807) is 0 Å². The number of halogens is 1. The zero-order valence-corrected chi connectivity index (χ0v) is 8.96. The quantitative estimate of drug-likeness (QED) is 0.777. The first-order valence-corrected chi connectivity index (χ1v) is 4.96. The molecular weight excluding hydrogens is 210 g/mol. The predicted octanol–water partition coefficient (Wildman–Crippen LogP) is 2.33. The van der Waals surface area contributed by atoms with Gasteiger partial charge in [-0.2, -0.15) is 0 Å². The number of nitrogen functional groups attached to an aromatic ring is 1. The maximum Gasteiger partial charge on any atom is 0.349 e. The van der Waals surface area contributed by atoms with Crippen molar-refractivity contribution in [2.45, 2.75) is 13.3 Å². The molecule has 0 aliphatic rings. The lowest BCUT2D eigenvalue weighted by atomic mass is 10.2. The summed E-state index contributed by atoms with van der Waals surface area (Å²) in [6.07, 6.45) is 0.720. The highest BCUT2D eigenvalue weighted by Crippen LogP contribution is 2.35. The number of anilines is 1. The van der Waals surface area contributed by atoms with Crippen LogP contribution in [0.5, 0.6) is 0 Å². The molecule has 0 fully saturated rings. The molecule has 0 saturated carbocycles. The third-order valence-corrected chi connectivity index (χ3v) is 3.27. The third-order valence-electron chi connectivity index (χ3n) is 1.70. The number of carbonyl (C=O) groups is 1. The number of methoxy groups -OCH3 is 1. The number of hydrogen-bond acceptors (Lipinski definition) is 4. The van der Waals surface area contributed by atoms with Gasteiger partial charge in [0.05, 0.1) is 17.1 Å². The molecule has 1 aromatic heterocycles. The topological polar surface area (TPSA) is 52.3 Å². The van der Waals surface area contributed by atoms with Crippen LogP contribution in [0.3, 0.4) is 0 Å². The molecule has 0 aliphatic heterocycles. The van der Waals surface area contributed by atoms with Gasteiger partial charge in [0, 0.05) is 5.56 Å². The fraction of sp³-hybridized carbons (Fsp3) is 0.375. The van der Waals surface area contributed by atoms with Gasteiger partial charge in [0.2, 0.25) is 0 Å². The molecule has 1 rings (SSSR count). The zero-order valence-electron chi connectivity index (χ0n) is 7.39. The second kappa shape index (κ2) is 3.98. The summed E-state index contributed by atoms with van der Waals surface area (Å²) >= 11 is 7.10. The minimum atomic E-state index is -0.429. The summed E-state index contributed by atoms with van der Waals surface area (Å²) in [6, 6.07) is 0. The van der Waals surface area contributed by atoms with E-state index in [-0.39, 0.29) is 0 Å². The largest absolute Gasteiger partial charge is 0.465 e. The van der Waals surface area contributed by atoms with Crippen molar-refractivity contribution in [3.63, 3.8) is 0 Å². The Kier molecular flexibility index (Phi) is 3.17. The number of ether oxygens (including phenoxy) is 1. The molecule has 1 heterocycles. The number of hydrogen-bond donors (Lipinski definition) is 1. The van der Waals surface area contributed by atoms with E-state index < -0.39 is 5.97 Å².